The fraction of sp³-hybridized carbons (Fsp3) is 0.0952. The van der Waals surface area contributed by atoms with Crippen molar-refractivity contribution in [2.24, 2.45) is 0 Å². The Morgan fingerprint density at radius 3 is 2.40 bits per heavy atom. The number of rotatable bonds is 6. The van der Waals surface area contributed by atoms with Gasteiger partial charge in [0.15, 0.2) is 5.82 Å². The van der Waals surface area contributed by atoms with E-state index in [4.69, 9.17) is 0 Å². The highest BCUT2D eigenvalue weighted by Gasteiger charge is 2.13. The lowest BCUT2D eigenvalue weighted by molar-refractivity contribution is 0.584. The molecule has 9 heteroatoms. The maximum Gasteiger partial charge on any atom is 0.240 e. The highest BCUT2D eigenvalue weighted by atomic mass is 35.5. The van der Waals surface area contributed by atoms with Crippen LogP contribution in [0.5, 0.6) is 0 Å². The lowest BCUT2D eigenvalue weighted by Gasteiger charge is -2.12. The summed E-state index contributed by atoms with van der Waals surface area (Å²) in [5, 5.41) is 4.15. The summed E-state index contributed by atoms with van der Waals surface area (Å²) >= 11 is 0. The molecule has 0 spiro atoms. The third kappa shape index (κ3) is 4.56. The number of sulfonamides is 1. The molecule has 0 aliphatic carbocycles. The van der Waals surface area contributed by atoms with Crippen LogP contribution in [0, 0.1) is 0 Å². The van der Waals surface area contributed by atoms with Crippen molar-refractivity contribution in [1.29, 1.82) is 0 Å². The molecule has 154 valence electrons. The Bertz CT molecular complexity index is 1250. The zero-order valence-electron chi connectivity index (χ0n) is 16.1. The number of fused-ring (bicyclic) bond motifs is 1. The summed E-state index contributed by atoms with van der Waals surface area (Å²) in [6.07, 6.45) is 3.42. The fourth-order valence-electron chi connectivity index (χ4n) is 2.92. The summed E-state index contributed by atoms with van der Waals surface area (Å²) in [7, 11) is -3.49. The van der Waals surface area contributed by atoms with E-state index in [0.29, 0.717) is 18.2 Å². The van der Waals surface area contributed by atoms with E-state index >= 15 is 0 Å². The average molecular weight is 442 g/mol. The fourth-order valence-corrected chi connectivity index (χ4v) is 3.96. The Hall–Kier alpha value is -3.07. The Balaban J connectivity index is 0.00000256. The van der Waals surface area contributed by atoms with Crippen molar-refractivity contribution in [1.82, 2.24) is 19.7 Å². The molecule has 0 saturated heterocycles. The van der Waals surface area contributed by atoms with Gasteiger partial charge in [0.25, 0.3) is 0 Å². The van der Waals surface area contributed by atoms with Gasteiger partial charge in [-0.05, 0) is 48.5 Å². The average Bonchev–Trinajstić information content (AvgIpc) is 2.75. The number of anilines is 2. The van der Waals surface area contributed by atoms with Gasteiger partial charge in [-0.15, -0.1) is 12.4 Å². The van der Waals surface area contributed by atoms with Gasteiger partial charge in [-0.25, -0.2) is 23.1 Å². The van der Waals surface area contributed by atoms with Crippen molar-refractivity contribution >= 4 is 44.8 Å². The molecule has 2 aromatic carbocycles. The van der Waals surface area contributed by atoms with E-state index in [1.807, 2.05) is 36.4 Å². The number of hydrogen-bond donors (Lipinski definition) is 2. The molecule has 2 heterocycles. The zero-order valence-corrected chi connectivity index (χ0v) is 17.7. The van der Waals surface area contributed by atoms with Gasteiger partial charge in [-0.3, -0.25) is 4.98 Å². The number of nitrogens with one attached hydrogen (secondary N) is 2. The van der Waals surface area contributed by atoms with Crippen LogP contribution < -0.4 is 10.0 Å². The van der Waals surface area contributed by atoms with Gasteiger partial charge < -0.3 is 5.32 Å². The molecule has 4 aromatic rings. The van der Waals surface area contributed by atoms with Crippen molar-refractivity contribution in [3.8, 4) is 11.4 Å². The van der Waals surface area contributed by atoms with Crippen LogP contribution >= 0.6 is 12.4 Å². The van der Waals surface area contributed by atoms with Crippen molar-refractivity contribution in [2.45, 2.75) is 11.8 Å². The van der Waals surface area contributed by atoms with Crippen molar-refractivity contribution in [2.75, 3.05) is 11.9 Å². The third-order valence-electron chi connectivity index (χ3n) is 4.28. The normalized spacial score (nSPS) is 11.1. The molecule has 0 saturated carbocycles. The molecule has 0 bridgehead atoms. The Morgan fingerprint density at radius 1 is 0.933 bits per heavy atom. The van der Waals surface area contributed by atoms with E-state index in [-0.39, 0.29) is 17.3 Å². The highest BCUT2D eigenvalue weighted by Crippen LogP contribution is 2.27. The van der Waals surface area contributed by atoms with Gasteiger partial charge in [-0.1, -0.05) is 19.1 Å². The number of nitrogens with zero attached hydrogens (tertiary/aromatic N) is 3. The monoisotopic (exact) mass is 441 g/mol. The van der Waals surface area contributed by atoms with Gasteiger partial charge in [0, 0.05) is 35.6 Å². The molecule has 4 rings (SSSR count). The molecule has 7 nitrogen and oxygen atoms in total. The first-order chi connectivity index (χ1) is 14.1. The van der Waals surface area contributed by atoms with Crippen LogP contribution in [0.1, 0.15) is 6.92 Å². The minimum absolute atomic E-state index is 0. The number of aromatic nitrogens is 3. The highest BCUT2D eigenvalue weighted by molar-refractivity contribution is 7.89. The van der Waals surface area contributed by atoms with E-state index in [1.54, 1.807) is 43.6 Å². The first-order valence-corrected chi connectivity index (χ1v) is 10.6. The molecule has 0 atom stereocenters. The van der Waals surface area contributed by atoms with Crippen LogP contribution in [0.2, 0.25) is 0 Å². The quantitative estimate of drug-likeness (QED) is 0.466. The standard InChI is InChI=1S/C21H19N5O2S.ClH/c1-2-23-29(27,28)17-11-9-16(10-12-17)24-21-18-7-3-4-8-19(18)25-20(26-21)15-6-5-13-22-14-15;/h3-14,23H,2H2,1H3,(H,24,25,26);1H. The van der Waals surface area contributed by atoms with Gasteiger partial charge in [-0.2, -0.15) is 0 Å². The maximum atomic E-state index is 12.1. The van der Waals surface area contributed by atoms with E-state index in [1.165, 1.54) is 0 Å². The second-order valence-electron chi connectivity index (χ2n) is 6.31. The Labute approximate surface area is 181 Å². The molecular weight excluding hydrogens is 422 g/mol. The molecule has 0 aliphatic rings. The van der Waals surface area contributed by atoms with E-state index in [2.05, 4.69) is 25.0 Å². The van der Waals surface area contributed by atoms with Crippen molar-refractivity contribution < 1.29 is 8.42 Å². The first-order valence-electron chi connectivity index (χ1n) is 9.11. The summed E-state index contributed by atoms with van der Waals surface area (Å²) in [6, 6.07) is 18.0. The molecule has 0 amide bonds. The maximum absolute atomic E-state index is 12.1. The number of pyridine rings is 1. The van der Waals surface area contributed by atoms with Gasteiger partial charge >= 0.3 is 0 Å². The smallest absolute Gasteiger partial charge is 0.240 e. The van der Waals surface area contributed by atoms with Crippen LogP contribution in [0.15, 0.2) is 78.0 Å². The molecule has 30 heavy (non-hydrogen) atoms. The van der Waals surface area contributed by atoms with E-state index in [0.717, 1.165) is 22.2 Å². The molecule has 0 fully saturated rings. The van der Waals surface area contributed by atoms with Crippen molar-refractivity contribution in [3.63, 3.8) is 0 Å². The van der Waals surface area contributed by atoms with E-state index in [9.17, 15) is 8.42 Å². The second-order valence-corrected chi connectivity index (χ2v) is 8.07. The van der Waals surface area contributed by atoms with Gasteiger partial charge in [0.1, 0.15) is 5.82 Å². The predicted octanol–water partition coefficient (Wildman–Crippen LogP) is 4.16. The second kappa shape index (κ2) is 9.17. The van der Waals surface area contributed by atoms with Gasteiger partial charge in [0.05, 0.1) is 10.4 Å². The van der Waals surface area contributed by atoms with Crippen molar-refractivity contribution in [3.05, 3.63) is 73.1 Å². The lowest BCUT2D eigenvalue weighted by Crippen LogP contribution is -2.22. The summed E-state index contributed by atoms with van der Waals surface area (Å²) in [5.41, 5.74) is 2.34. The molecule has 0 aliphatic heterocycles. The molecule has 0 radical (unpaired) electrons. The largest absolute Gasteiger partial charge is 0.340 e. The lowest BCUT2D eigenvalue weighted by atomic mass is 10.2. The van der Waals surface area contributed by atoms with Crippen LogP contribution in [-0.4, -0.2) is 29.9 Å². The third-order valence-corrected chi connectivity index (χ3v) is 5.85. The minimum Gasteiger partial charge on any atom is -0.340 e. The first kappa shape index (κ1) is 21.6. The summed E-state index contributed by atoms with van der Waals surface area (Å²) in [6.45, 7) is 2.08. The minimum atomic E-state index is -3.49. The molecular formula is C21H20ClN5O2S. The Morgan fingerprint density at radius 2 is 1.70 bits per heavy atom. The van der Waals surface area contributed by atoms with Crippen LogP contribution in [0.25, 0.3) is 22.3 Å². The van der Waals surface area contributed by atoms with Gasteiger partial charge in [0.2, 0.25) is 10.0 Å². The molecule has 2 aromatic heterocycles. The zero-order chi connectivity index (χ0) is 20.3. The van der Waals surface area contributed by atoms with Crippen LogP contribution in [0.3, 0.4) is 0 Å². The number of para-hydroxylation sites is 1. The Kier molecular flexibility index (Phi) is 6.61. The van der Waals surface area contributed by atoms with Crippen LogP contribution in [-0.2, 0) is 10.0 Å². The summed E-state index contributed by atoms with van der Waals surface area (Å²) in [4.78, 5) is 13.7. The van der Waals surface area contributed by atoms with Crippen LogP contribution in [0.4, 0.5) is 11.5 Å². The topological polar surface area (TPSA) is 96.9 Å². The number of halogens is 1. The SMILES string of the molecule is CCNS(=O)(=O)c1ccc(Nc2nc(-c3cccnc3)nc3ccccc23)cc1.Cl. The summed E-state index contributed by atoms with van der Waals surface area (Å²) < 4.78 is 26.7. The predicted molar refractivity (Wildman–Crippen MR) is 121 cm³/mol. The number of benzene rings is 2. The number of hydrogen-bond acceptors (Lipinski definition) is 6. The summed E-state index contributed by atoms with van der Waals surface area (Å²) in [5.74, 6) is 1.20. The van der Waals surface area contributed by atoms with E-state index < -0.39 is 10.0 Å². The molecule has 2 N–H and O–H groups in total. The molecule has 0 unspecified atom stereocenters.